The van der Waals surface area contributed by atoms with Crippen LogP contribution in [0.25, 0.3) is 5.69 Å². The van der Waals surface area contributed by atoms with Gasteiger partial charge in [0.25, 0.3) is 0 Å². The van der Waals surface area contributed by atoms with E-state index in [0.29, 0.717) is 6.54 Å². The monoisotopic (exact) mass is 506 g/mol. The van der Waals surface area contributed by atoms with Gasteiger partial charge >= 0.3 is 0 Å². The minimum Gasteiger partial charge on any atom is -0.357 e. The van der Waals surface area contributed by atoms with Crippen LogP contribution in [0.3, 0.4) is 0 Å². The van der Waals surface area contributed by atoms with Crippen LogP contribution in [0.4, 0.5) is 0 Å². The third-order valence-corrected chi connectivity index (χ3v) is 4.78. The summed E-state index contributed by atoms with van der Waals surface area (Å²) in [5.41, 5.74) is 5.62. The average Bonchev–Trinajstić information content (AvgIpc) is 3.23. The third kappa shape index (κ3) is 5.62. The lowest BCUT2D eigenvalue weighted by Crippen LogP contribution is -2.38. The second-order valence-corrected chi connectivity index (χ2v) is 7.10. The molecule has 0 aliphatic carbocycles. The van der Waals surface area contributed by atoms with Gasteiger partial charge in [-0.3, -0.25) is 0 Å². The molecule has 3 aromatic rings. The maximum absolute atomic E-state index is 4.90. The second kappa shape index (κ2) is 10.5. The standard InChI is InChI=1S/C22H30N6.HI/c1-6-23-22(27(5)16-20-11-9-13-26(20)4)24-15-19-10-7-8-12-21(19)28-18(3)14-17(2)25-28;/h7-14H,6,15-16H2,1-5H3,(H,23,24);1H. The van der Waals surface area contributed by atoms with E-state index >= 15 is 0 Å². The van der Waals surface area contributed by atoms with Crippen LogP contribution in [0.15, 0.2) is 53.7 Å². The van der Waals surface area contributed by atoms with Crippen molar-refractivity contribution in [3.8, 4) is 5.69 Å². The number of rotatable bonds is 6. The molecule has 7 heteroatoms. The molecular weight excluding hydrogens is 475 g/mol. The summed E-state index contributed by atoms with van der Waals surface area (Å²) in [4.78, 5) is 7.06. The van der Waals surface area contributed by atoms with E-state index in [2.05, 4.69) is 90.4 Å². The predicted molar refractivity (Wildman–Crippen MR) is 130 cm³/mol. The molecule has 0 atom stereocenters. The smallest absolute Gasteiger partial charge is 0.194 e. The van der Waals surface area contributed by atoms with Gasteiger partial charge in [-0.15, -0.1) is 24.0 Å². The number of guanidine groups is 1. The molecule has 0 saturated carbocycles. The Hall–Kier alpha value is -2.29. The lowest BCUT2D eigenvalue weighted by molar-refractivity contribution is 0.462. The summed E-state index contributed by atoms with van der Waals surface area (Å²) in [6, 6.07) is 14.6. The van der Waals surface area contributed by atoms with Crippen LogP contribution < -0.4 is 5.32 Å². The van der Waals surface area contributed by atoms with Gasteiger partial charge in [0.15, 0.2) is 5.96 Å². The number of aryl methyl sites for hydroxylation is 3. The number of nitrogens with zero attached hydrogens (tertiary/aromatic N) is 5. The highest BCUT2D eigenvalue weighted by molar-refractivity contribution is 14.0. The SMILES string of the molecule is CCNC(=NCc1ccccc1-n1nc(C)cc1C)N(C)Cc1cccn1C.I. The van der Waals surface area contributed by atoms with E-state index in [1.807, 2.05) is 17.7 Å². The normalized spacial score (nSPS) is 11.3. The molecule has 3 rings (SSSR count). The van der Waals surface area contributed by atoms with Crippen molar-refractivity contribution in [3.63, 3.8) is 0 Å². The second-order valence-electron chi connectivity index (χ2n) is 7.10. The summed E-state index contributed by atoms with van der Waals surface area (Å²) in [5.74, 6) is 0.895. The highest BCUT2D eigenvalue weighted by Gasteiger charge is 2.11. The van der Waals surface area contributed by atoms with Gasteiger partial charge in [-0.05, 0) is 50.6 Å². The molecule has 2 aromatic heterocycles. The number of hydrogen-bond donors (Lipinski definition) is 1. The molecule has 6 nitrogen and oxygen atoms in total. The zero-order valence-electron chi connectivity index (χ0n) is 17.9. The molecule has 29 heavy (non-hydrogen) atoms. The Morgan fingerprint density at radius 2 is 1.93 bits per heavy atom. The van der Waals surface area contributed by atoms with Crippen LogP contribution in [-0.2, 0) is 20.1 Å². The molecule has 0 bridgehead atoms. The average molecular weight is 506 g/mol. The van der Waals surface area contributed by atoms with Crippen molar-refractivity contribution >= 4 is 29.9 Å². The van der Waals surface area contributed by atoms with Crippen molar-refractivity contribution in [1.29, 1.82) is 0 Å². The maximum atomic E-state index is 4.90. The first-order valence-corrected chi connectivity index (χ1v) is 9.70. The van der Waals surface area contributed by atoms with Crippen molar-refractivity contribution in [3.05, 3.63) is 71.3 Å². The summed E-state index contributed by atoms with van der Waals surface area (Å²) in [6.45, 7) is 8.41. The van der Waals surface area contributed by atoms with Crippen molar-refractivity contribution in [1.82, 2.24) is 24.6 Å². The Bertz CT molecular complexity index is 956. The number of hydrogen-bond acceptors (Lipinski definition) is 2. The van der Waals surface area contributed by atoms with E-state index in [1.165, 1.54) is 5.69 Å². The fourth-order valence-corrected chi connectivity index (χ4v) is 3.33. The minimum atomic E-state index is 0. The van der Waals surface area contributed by atoms with Gasteiger partial charge in [-0.2, -0.15) is 5.10 Å². The van der Waals surface area contributed by atoms with E-state index in [-0.39, 0.29) is 24.0 Å². The molecule has 1 aromatic carbocycles. The van der Waals surface area contributed by atoms with Crippen LogP contribution in [0, 0.1) is 13.8 Å². The van der Waals surface area contributed by atoms with E-state index in [9.17, 15) is 0 Å². The van der Waals surface area contributed by atoms with E-state index in [1.54, 1.807) is 0 Å². The highest BCUT2D eigenvalue weighted by atomic mass is 127. The molecule has 2 heterocycles. The lowest BCUT2D eigenvalue weighted by atomic mass is 10.2. The molecule has 0 fully saturated rings. The number of para-hydroxylation sites is 1. The van der Waals surface area contributed by atoms with Crippen molar-refractivity contribution in [2.45, 2.75) is 33.9 Å². The third-order valence-electron chi connectivity index (χ3n) is 4.78. The zero-order chi connectivity index (χ0) is 20.1. The van der Waals surface area contributed by atoms with Crippen molar-refractivity contribution < 1.29 is 0 Å². The molecule has 0 unspecified atom stereocenters. The number of aliphatic imine (C=N–C) groups is 1. The van der Waals surface area contributed by atoms with E-state index < -0.39 is 0 Å². The summed E-state index contributed by atoms with van der Waals surface area (Å²) in [7, 11) is 4.14. The Labute approximate surface area is 190 Å². The lowest BCUT2D eigenvalue weighted by Gasteiger charge is -2.22. The van der Waals surface area contributed by atoms with Gasteiger partial charge < -0.3 is 14.8 Å². The van der Waals surface area contributed by atoms with E-state index in [0.717, 1.165) is 41.7 Å². The first-order valence-electron chi connectivity index (χ1n) is 9.70. The minimum absolute atomic E-state index is 0. The van der Waals surface area contributed by atoms with Crippen LogP contribution in [-0.4, -0.2) is 38.8 Å². The van der Waals surface area contributed by atoms with Gasteiger partial charge in [0.05, 0.1) is 24.5 Å². The number of benzene rings is 1. The van der Waals surface area contributed by atoms with Gasteiger partial charge in [0, 0.05) is 38.2 Å². The topological polar surface area (TPSA) is 50.4 Å². The largest absolute Gasteiger partial charge is 0.357 e. The Morgan fingerprint density at radius 1 is 1.17 bits per heavy atom. The van der Waals surface area contributed by atoms with Crippen molar-refractivity contribution in [2.24, 2.45) is 12.0 Å². The molecule has 0 aliphatic heterocycles. The van der Waals surface area contributed by atoms with Gasteiger partial charge in [0.2, 0.25) is 0 Å². The number of nitrogens with one attached hydrogen (secondary N) is 1. The van der Waals surface area contributed by atoms with Gasteiger partial charge in [-0.1, -0.05) is 18.2 Å². The number of halogens is 1. The van der Waals surface area contributed by atoms with E-state index in [4.69, 9.17) is 4.99 Å². The zero-order valence-corrected chi connectivity index (χ0v) is 20.2. The first kappa shape index (κ1) is 23.0. The molecule has 1 N–H and O–H groups in total. The summed E-state index contributed by atoms with van der Waals surface area (Å²) < 4.78 is 4.14. The maximum Gasteiger partial charge on any atom is 0.194 e. The van der Waals surface area contributed by atoms with Crippen LogP contribution in [0.2, 0.25) is 0 Å². The molecule has 0 saturated heterocycles. The summed E-state index contributed by atoms with van der Waals surface area (Å²) in [6.07, 6.45) is 2.07. The van der Waals surface area contributed by atoms with Gasteiger partial charge in [0.1, 0.15) is 0 Å². The molecule has 0 aliphatic rings. The quantitative estimate of drug-likeness (QED) is 0.312. The predicted octanol–water partition coefficient (Wildman–Crippen LogP) is 4.04. The highest BCUT2D eigenvalue weighted by Crippen LogP contribution is 2.18. The van der Waals surface area contributed by atoms with Crippen LogP contribution >= 0.6 is 24.0 Å². The van der Waals surface area contributed by atoms with Crippen LogP contribution in [0.1, 0.15) is 29.6 Å². The van der Waals surface area contributed by atoms with Gasteiger partial charge in [-0.25, -0.2) is 9.67 Å². The first-order chi connectivity index (χ1) is 13.5. The fourth-order valence-electron chi connectivity index (χ4n) is 3.33. The summed E-state index contributed by atoms with van der Waals surface area (Å²) in [5, 5.41) is 8.04. The van der Waals surface area contributed by atoms with Crippen molar-refractivity contribution in [2.75, 3.05) is 13.6 Å². The molecule has 0 amide bonds. The number of aromatic nitrogens is 3. The molecule has 0 radical (unpaired) electrons. The Balaban J connectivity index is 0.00000300. The fraction of sp³-hybridized carbons (Fsp3) is 0.364. The molecular formula is C22H31IN6. The molecule has 0 spiro atoms. The Morgan fingerprint density at radius 3 is 2.55 bits per heavy atom. The van der Waals surface area contributed by atoms with Crippen LogP contribution in [0.5, 0.6) is 0 Å². The Kier molecular flexibility index (Phi) is 8.31. The molecule has 156 valence electrons. The summed E-state index contributed by atoms with van der Waals surface area (Å²) >= 11 is 0.